The Bertz CT molecular complexity index is 880. The molecule has 4 rings (SSSR count). The van der Waals surface area contributed by atoms with Gasteiger partial charge < -0.3 is 20.1 Å². The van der Waals surface area contributed by atoms with Crippen LogP contribution in [0.1, 0.15) is 25.3 Å². The number of aromatic amines is 1. The molecular formula is C21H25N3O2. The first-order valence-corrected chi connectivity index (χ1v) is 9.18. The predicted molar refractivity (Wildman–Crippen MR) is 103 cm³/mol. The van der Waals surface area contributed by atoms with E-state index in [0.717, 1.165) is 59.4 Å². The molecule has 3 aromatic rings. The number of H-pyrrole nitrogens is 1. The first-order chi connectivity index (χ1) is 12.7. The number of aliphatic hydroxyl groups is 1. The summed E-state index contributed by atoms with van der Waals surface area (Å²) in [6, 6.07) is 9.90. The molecular weight excluding hydrogens is 326 g/mol. The lowest BCUT2D eigenvalue weighted by atomic mass is 9.82. The smallest absolute Gasteiger partial charge is 0.141 e. The average Bonchev–Trinajstić information content (AvgIpc) is 3.12. The van der Waals surface area contributed by atoms with Gasteiger partial charge in [-0.3, -0.25) is 0 Å². The highest BCUT2D eigenvalue weighted by molar-refractivity contribution is 5.98. The molecule has 3 heterocycles. The first kappa shape index (κ1) is 17.1. The van der Waals surface area contributed by atoms with Crippen molar-refractivity contribution < 1.29 is 9.84 Å². The number of pyridine rings is 1. The van der Waals surface area contributed by atoms with E-state index in [9.17, 15) is 5.11 Å². The van der Waals surface area contributed by atoms with E-state index in [-0.39, 0.29) is 12.0 Å². The summed E-state index contributed by atoms with van der Waals surface area (Å²) < 4.78 is 6.30. The average molecular weight is 351 g/mol. The third kappa shape index (κ3) is 3.32. The molecule has 5 nitrogen and oxygen atoms in total. The number of nitrogens with zero attached hydrogens (tertiary/aromatic N) is 1. The summed E-state index contributed by atoms with van der Waals surface area (Å²) in [6.07, 6.45) is 6.02. The van der Waals surface area contributed by atoms with Gasteiger partial charge in [0.2, 0.25) is 0 Å². The molecule has 136 valence electrons. The molecule has 0 unspecified atom stereocenters. The van der Waals surface area contributed by atoms with Gasteiger partial charge >= 0.3 is 0 Å². The number of rotatable bonds is 5. The Labute approximate surface area is 153 Å². The number of nitrogens with one attached hydrogen (secondary N) is 2. The van der Waals surface area contributed by atoms with Crippen LogP contribution in [0.4, 0.5) is 0 Å². The van der Waals surface area contributed by atoms with Crippen molar-refractivity contribution >= 4 is 11.0 Å². The summed E-state index contributed by atoms with van der Waals surface area (Å²) in [5, 5.41) is 13.7. The number of ether oxygens (including phenoxy) is 1. The maximum atomic E-state index is 9.25. The number of benzene rings is 1. The van der Waals surface area contributed by atoms with Crippen LogP contribution < -0.4 is 10.1 Å². The Hall–Kier alpha value is -2.37. The summed E-state index contributed by atoms with van der Waals surface area (Å²) in [5.41, 5.74) is 4.10. The molecule has 0 amide bonds. The van der Waals surface area contributed by atoms with Crippen molar-refractivity contribution in [3.63, 3.8) is 0 Å². The summed E-state index contributed by atoms with van der Waals surface area (Å²) >= 11 is 0. The Balaban J connectivity index is 1.65. The fourth-order valence-electron chi connectivity index (χ4n) is 3.59. The van der Waals surface area contributed by atoms with Gasteiger partial charge in [-0.2, -0.15) is 0 Å². The van der Waals surface area contributed by atoms with Crippen molar-refractivity contribution in [3.8, 4) is 16.9 Å². The monoisotopic (exact) mass is 351 g/mol. The highest BCUT2D eigenvalue weighted by atomic mass is 16.5. The van der Waals surface area contributed by atoms with Gasteiger partial charge in [0, 0.05) is 23.4 Å². The maximum absolute atomic E-state index is 9.25. The highest BCUT2D eigenvalue weighted by Gasteiger charge is 2.28. The molecule has 1 fully saturated rings. The molecule has 2 aromatic heterocycles. The predicted octanol–water partition coefficient (Wildman–Crippen LogP) is 3.49. The number of aliphatic hydroxyl groups excluding tert-OH is 1. The fourth-order valence-corrected chi connectivity index (χ4v) is 3.59. The van der Waals surface area contributed by atoms with Gasteiger partial charge in [-0.15, -0.1) is 0 Å². The molecule has 0 spiro atoms. The Morgan fingerprint density at radius 2 is 1.92 bits per heavy atom. The number of hydrogen-bond acceptors (Lipinski definition) is 4. The van der Waals surface area contributed by atoms with Crippen LogP contribution in [0, 0.1) is 5.41 Å². The van der Waals surface area contributed by atoms with Crippen LogP contribution in [0.2, 0.25) is 0 Å². The van der Waals surface area contributed by atoms with Crippen molar-refractivity contribution in [2.24, 2.45) is 5.41 Å². The number of fused-ring (bicyclic) bond motifs is 1. The largest absolute Gasteiger partial charge is 0.492 e. The molecule has 1 aromatic carbocycles. The summed E-state index contributed by atoms with van der Waals surface area (Å²) in [5.74, 6) is 0.872. The van der Waals surface area contributed by atoms with Gasteiger partial charge in [-0.05, 0) is 43.1 Å². The number of aromatic nitrogens is 2. The zero-order valence-electron chi connectivity index (χ0n) is 15.1. The van der Waals surface area contributed by atoms with Crippen LogP contribution in [-0.4, -0.2) is 34.8 Å². The van der Waals surface area contributed by atoms with E-state index in [1.807, 2.05) is 36.5 Å². The topological polar surface area (TPSA) is 70.2 Å². The van der Waals surface area contributed by atoms with Crippen molar-refractivity contribution in [3.05, 3.63) is 48.3 Å². The number of piperidine rings is 1. The Morgan fingerprint density at radius 3 is 2.65 bits per heavy atom. The van der Waals surface area contributed by atoms with E-state index in [4.69, 9.17) is 4.74 Å². The Kier molecular flexibility index (Phi) is 4.66. The summed E-state index contributed by atoms with van der Waals surface area (Å²) in [4.78, 5) is 7.70. The minimum absolute atomic E-state index is 0.0531. The maximum Gasteiger partial charge on any atom is 0.141 e. The second-order valence-electron chi connectivity index (χ2n) is 7.44. The van der Waals surface area contributed by atoms with E-state index in [2.05, 4.69) is 22.2 Å². The van der Waals surface area contributed by atoms with Gasteiger partial charge in [-0.25, -0.2) is 4.98 Å². The highest BCUT2D eigenvalue weighted by Crippen LogP contribution is 2.36. The molecule has 0 saturated carbocycles. The van der Waals surface area contributed by atoms with Crippen LogP contribution in [-0.2, 0) is 6.61 Å². The third-order valence-corrected chi connectivity index (χ3v) is 5.37. The Morgan fingerprint density at radius 1 is 1.15 bits per heavy atom. The first-order valence-electron chi connectivity index (χ1n) is 9.18. The van der Waals surface area contributed by atoms with E-state index in [1.165, 1.54) is 0 Å². The molecule has 0 atom stereocenters. The molecule has 0 bridgehead atoms. The zero-order valence-corrected chi connectivity index (χ0v) is 15.1. The van der Waals surface area contributed by atoms with E-state index < -0.39 is 0 Å². The van der Waals surface area contributed by atoms with Crippen LogP contribution in [0.3, 0.4) is 0 Å². The summed E-state index contributed by atoms with van der Waals surface area (Å²) in [7, 11) is 0. The van der Waals surface area contributed by atoms with E-state index in [0.29, 0.717) is 6.61 Å². The molecule has 1 aliphatic rings. The summed E-state index contributed by atoms with van der Waals surface area (Å²) in [6.45, 7) is 5.17. The van der Waals surface area contributed by atoms with Gasteiger partial charge in [0.05, 0.1) is 18.6 Å². The normalized spacial score (nSPS) is 16.7. The van der Waals surface area contributed by atoms with Crippen LogP contribution in [0.5, 0.6) is 5.75 Å². The fraction of sp³-hybridized carbons (Fsp3) is 0.381. The molecule has 1 aliphatic heterocycles. The van der Waals surface area contributed by atoms with Crippen molar-refractivity contribution in [1.82, 2.24) is 15.3 Å². The van der Waals surface area contributed by atoms with E-state index >= 15 is 0 Å². The van der Waals surface area contributed by atoms with Crippen LogP contribution in [0.25, 0.3) is 22.2 Å². The van der Waals surface area contributed by atoms with Crippen LogP contribution in [0.15, 0.2) is 42.7 Å². The van der Waals surface area contributed by atoms with Crippen molar-refractivity contribution in [2.75, 3.05) is 19.7 Å². The second-order valence-corrected chi connectivity index (χ2v) is 7.44. The van der Waals surface area contributed by atoms with Gasteiger partial charge in [0.25, 0.3) is 0 Å². The minimum Gasteiger partial charge on any atom is -0.492 e. The van der Waals surface area contributed by atoms with E-state index in [1.54, 1.807) is 6.20 Å². The molecule has 3 N–H and O–H groups in total. The molecule has 26 heavy (non-hydrogen) atoms. The van der Waals surface area contributed by atoms with Gasteiger partial charge in [0.15, 0.2) is 0 Å². The lowest BCUT2D eigenvalue weighted by molar-refractivity contribution is 0.124. The van der Waals surface area contributed by atoms with Crippen LogP contribution >= 0.6 is 0 Å². The molecule has 0 aliphatic carbocycles. The van der Waals surface area contributed by atoms with Crippen molar-refractivity contribution in [1.29, 1.82) is 0 Å². The SMILES string of the molecule is CC1(COc2ccnc3[nH]cc(-c4ccc(CO)cc4)c23)CCNCC1. The van der Waals surface area contributed by atoms with Gasteiger partial charge in [-0.1, -0.05) is 31.2 Å². The van der Waals surface area contributed by atoms with Gasteiger partial charge in [0.1, 0.15) is 11.4 Å². The molecule has 0 radical (unpaired) electrons. The number of hydrogen-bond donors (Lipinski definition) is 3. The molecule has 1 saturated heterocycles. The standard InChI is InChI=1S/C21H25N3O2/c1-21(7-10-22-11-8-21)14-26-18-6-9-23-20-19(18)17(12-24-20)16-4-2-15(13-25)3-5-16/h2-6,9,12,22,25H,7-8,10-11,13-14H2,1H3,(H,23,24). The lowest BCUT2D eigenvalue weighted by Crippen LogP contribution is -2.38. The zero-order chi connectivity index (χ0) is 18.0. The second kappa shape index (κ2) is 7.09. The van der Waals surface area contributed by atoms with Crippen molar-refractivity contribution in [2.45, 2.75) is 26.4 Å². The lowest BCUT2D eigenvalue weighted by Gasteiger charge is -2.33. The third-order valence-electron chi connectivity index (χ3n) is 5.37. The molecule has 5 heteroatoms. The minimum atomic E-state index is 0.0531. The quantitative estimate of drug-likeness (QED) is 0.658.